The van der Waals surface area contributed by atoms with Gasteiger partial charge in [-0.2, -0.15) is 0 Å². The number of likely N-dealkylation sites (N-methyl/N-ethyl adjacent to an activating group) is 1. The predicted molar refractivity (Wildman–Crippen MR) is 73.1 cm³/mol. The molecule has 0 saturated heterocycles. The Morgan fingerprint density at radius 3 is 2.76 bits per heavy atom. The number of fused-ring (bicyclic) bond motifs is 1. The molecule has 2 aromatic heterocycles. The molecule has 0 aliphatic rings. The SMILES string of the molecule is CCc1cc2cc(C(=O)N(C)CCO)sc2s1. The Kier molecular flexibility index (Phi) is 3.81. The van der Waals surface area contributed by atoms with Crippen molar-refractivity contribution in [1.82, 2.24) is 4.90 Å². The van der Waals surface area contributed by atoms with Gasteiger partial charge in [0.05, 0.1) is 15.5 Å². The standard InChI is InChI=1S/C12H15NO2S2/c1-3-9-6-8-7-10(17-12(8)16-9)11(15)13(2)4-5-14/h6-7,14H,3-5H2,1-2H3. The van der Waals surface area contributed by atoms with E-state index in [2.05, 4.69) is 13.0 Å². The molecule has 0 saturated carbocycles. The first kappa shape index (κ1) is 12.5. The van der Waals surface area contributed by atoms with Crippen molar-refractivity contribution in [2.75, 3.05) is 20.2 Å². The molecule has 0 fully saturated rings. The van der Waals surface area contributed by atoms with E-state index in [0.29, 0.717) is 6.54 Å². The minimum absolute atomic E-state index is 0.00195. The van der Waals surface area contributed by atoms with Gasteiger partial charge in [-0.1, -0.05) is 6.92 Å². The van der Waals surface area contributed by atoms with Gasteiger partial charge in [0.1, 0.15) is 0 Å². The third kappa shape index (κ3) is 2.51. The lowest BCUT2D eigenvalue weighted by Gasteiger charge is -2.13. The molecule has 0 aliphatic carbocycles. The molecular weight excluding hydrogens is 254 g/mol. The molecular formula is C12H15NO2S2. The number of carbonyl (C=O) groups excluding carboxylic acids is 1. The van der Waals surface area contributed by atoms with E-state index < -0.39 is 0 Å². The fraction of sp³-hybridized carbons (Fsp3) is 0.417. The van der Waals surface area contributed by atoms with Crippen LogP contribution in [0.4, 0.5) is 0 Å². The predicted octanol–water partition coefficient (Wildman–Crippen LogP) is 2.59. The van der Waals surface area contributed by atoms with E-state index in [1.165, 1.54) is 8.89 Å². The number of hydrogen-bond acceptors (Lipinski definition) is 4. The molecule has 1 N–H and O–H groups in total. The Hall–Kier alpha value is -0.910. The van der Waals surface area contributed by atoms with Gasteiger partial charge in [-0.3, -0.25) is 4.79 Å². The van der Waals surface area contributed by atoms with Gasteiger partial charge < -0.3 is 10.0 Å². The van der Waals surface area contributed by atoms with Gasteiger partial charge in [-0.05, 0) is 18.6 Å². The van der Waals surface area contributed by atoms with Gasteiger partial charge in [0, 0.05) is 23.9 Å². The number of hydrogen-bond donors (Lipinski definition) is 1. The summed E-state index contributed by atoms with van der Waals surface area (Å²) >= 11 is 3.30. The van der Waals surface area contributed by atoms with Crippen molar-refractivity contribution in [3.8, 4) is 0 Å². The highest BCUT2D eigenvalue weighted by Gasteiger charge is 2.15. The highest BCUT2D eigenvalue weighted by Crippen LogP contribution is 2.34. The molecule has 2 rings (SSSR count). The summed E-state index contributed by atoms with van der Waals surface area (Å²) in [4.78, 5) is 15.6. The second-order valence-electron chi connectivity index (χ2n) is 3.87. The summed E-state index contributed by atoms with van der Waals surface area (Å²) < 4.78 is 1.21. The van der Waals surface area contributed by atoms with E-state index in [4.69, 9.17) is 5.11 Å². The summed E-state index contributed by atoms with van der Waals surface area (Å²) in [6, 6.07) is 4.10. The molecule has 0 atom stereocenters. The zero-order valence-corrected chi connectivity index (χ0v) is 11.5. The fourth-order valence-electron chi connectivity index (χ4n) is 1.61. The first-order valence-corrected chi connectivity index (χ1v) is 7.17. The minimum atomic E-state index is -0.00880. The van der Waals surface area contributed by atoms with Crippen LogP contribution in [-0.4, -0.2) is 36.1 Å². The Labute approximate surface area is 108 Å². The van der Waals surface area contributed by atoms with Crippen LogP contribution in [0.25, 0.3) is 9.40 Å². The van der Waals surface area contributed by atoms with E-state index in [1.807, 2.05) is 6.07 Å². The van der Waals surface area contributed by atoms with Crippen LogP contribution < -0.4 is 0 Å². The molecule has 0 unspecified atom stereocenters. The number of amides is 1. The summed E-state index contributed by atoms with van der Waals surface area (Å²) in [6.07, 6.45) is 1.04. The van der Waals surface area contributed by atoms with E-state index in [0.717, 1.165) is 16.7 Å². The molecule has 2 heterocycles. The summed E-state index contributed by atoms with van der Waals surface area (Å²) in [7, 11) is 1.71. The van der Waals surface area contributed by atoms with E-state index >= 15 is 0 Å². The van der Waals surface area contributed by atoms with Crippen molar-refractivity contribution in [3.63, 3.8) is 0 Å². The van der Waals surface area contributed by atoms with Crippen molar-refractivity contribution < 1.29 is 9.90 Å². The second kappa shape index (κ2) is 5.16. The Morgan fingerprint density at radius 2 is 2.18 bits per heavy atom. The van der Waals surface area contributed by atoms with Crippen LogP contribution in [0.15, 0.2) is 12.1 Å². The lowest BCUT2D eigenvalue weighted by atomic mass is 10.3. The quantitative estimate of drug-likeness (QED) is 0.927. The topological polar surface area (TPSA) is 40.5 Å². The maximum absolute atomic E-state index is 12.0. The molecule has 0 bridgehead atoms. The first-order chi connectivity index (χ1) is 8.15. The second-order valence-corrected chi connectivity index (χ2v) is 6.32. The van der Waals surface area contributed by atoms with Crippen molar-refractivity contribution in [2.45, 2.75) is 13.3 Å². The van der Waals surface area contributed by atoms with Crippen LogP contribution in [0.2, 0.25) is 0 Å². The molecule has 0 radical (unpaired) electrons. The minimum Gasteiger partial charge on any atom is -0.395 e. The number of rotatable bonds is 4. The smallest absolute Gasteiger partial charge is 0.263 e. The molecule has 0 spiro atoms. The molecule has 3 nitrogen and oxygen atoms in total. The molecule has 5 heteroatoms. The van der Waals surface area contributed by atoms with Crippen molar-refractivity contribution >= 4 is 38.0 Å². The van der Waals surface area contributed by atoms with E-state index in [1.54, 1.807) is 34.6 Å². The van der Waals surface area contributed by atoms with Crippen LogP contribution >= 0.6 is 22.7 Å². The van der Waals surface area contributed by atoms with Crippen LogP contribution in [0, 0.1) is 0 Å². The van der Waals surface area contributed by atoms with Crippen molar-refractivity contribution in [2.24, 2.45) is 0 Å². The largest absolute Gasteiger partial charge is 0.395 e. The van der Waals surface area contributed by atoms with Crippen LogP contribution in [-0.2, 0) is 6.42 Å². The monoisotopic (exact) mass is 269 g/mol. The highest BCUT2D eigenvalue weighted by atomic mass is 32.2. The average Bonchev–Trinajstić information content (AvgIpc) is 2.85. The molecule has 2 aromatic rings. The van der Waals surface area contributed by atoms with Crippen molar-refractivity contribution in [3.05, 3.63) is 21.9 Å². The van der Waals surface area contributed by atoms with Gasteiger partial charge in [-0.25, -0.2) is 0 Å². The average molecular weight is 269 g/mol. The van der Waals surface area contributed by atoms with Gasteiger partial charge in [0.2, 0.25) is 0 Å². The molecule has 1 amide bonds. The molecule has 0 aliphatic heterocycles. The maximum atomic E-state index is 12.0. The normalized spacial score (nSPS) is 11.0. The molecule has 17 heavy (non-hydrogen) atoms. The highest BCUT2D eigenvalue weighted by molar-refractivity contribution is 7.39. The molecule has 92 valence electrons. The Balaban J connectivity index is 2.24. The van der Waals surface area contributed by atoms with Gasteiger partial charge >= 0.3 is 0 Å². The third-order valence-corrected chi connectivity index (χ3v) is 5.13. The molecule has 0 aromatic carbocycles. The van der Waals surface area contributed by atoms with Gasteiger partial charge in [0.15, 0.2) is 0 Å². The Morgan fingerprint density at radius 1 is 1.41 bits per heavy atom. The zero-order valence-electron chi connectivity index (χ0n) is 9.90. The van der Waals surface area contributed by atoms with Crippen LogP contribution in [0.1, 0.15) is 21.5 Å². The summed E-state index contributed by atoms with van der Waals surface area (Å²) in [5.74, 6) is -0.00880. The summed E-state index contributed by atoms with van der Waals surface area (Å²) in [6.45, 7) is 2.52. The maximum Gasteiger partial charge on any atom is 0.263 e. The number of thiophene rings is 2. The third-order valence-electron chi connectivity index (χ3n) is 2.61. The zero-order chi connectivity index (χ0) is 12.4. The van der Waals surface area contributed by atoms with Gasteiger partial charge in [-0.15, -0.1) is 22.7 Å². The number of aliphatic hydroxyl groups excluding tert-OH is 1. The van der Waals surface area contributed by atoms with Gasteiger partial charge in [0.25, 0.3) is 5.91 Å². The van der Waals surface area contributed by atoms with E-state index in [-0.39, 0.29) is 12.5 Å². The van der Waals surface area contributed by atoms with E-state index in [9.17, 15) is 4.79 Å². The van der Waals surface area contributed by atoms with Crippen LogP contribution in [0.3, 0.4) is 0 Å². The lowest BCUT2D eigenvalue weighted by Crippen LogP contribution is -2.28. The lowest BCUT2D eigenvalue weighted by molar-refractivity contribution is 0.0772. The number of aryl methyl sites for hydroxylation is 1. The number of carbonyl (C=O) groups is 1. The number of nitrogens with zero attached hydrogens (tertiary/aromatic N) is 1. The van der Waals surface area contributed by atoms with Crippen LogP contribution in [0.5, 0.6) is 0 Å². The number of aliphatic hydroxyl groups is 1. The first-order valence-electron chi connectivity index (χ1n) is 5.54. The summed E-state index contributed by atoms with van der Waals surface area (Å²) in [5.41, 5.74) is 0. The van der Waals surface area contributed by atoms with Crippen molar-refractivity contribution in [1.29, 1.82) is 0 Å². The summed E-state index contributed by atoms with van der Waals surface area (Å²) in [5, 5.41) is 9.98. The Bertz CT molecular complexity index is 498. The fourth-order valence-corrected chi connectivity index (χ4v) is 4.04.